The Bertz CT molecular complexity index is 849. The number of nitrogens with zero attached hydrogens (tertiary/aromatic N) is 2. The fourth-order valence-corrected chi connectivity index (χ4v) is 2.19. The first-order valence-corrected chi connectivity index (χ1v) is 6.55. The minimum Gasteiger partial charge on any atom is -0.457 e. The van der Waals surface area contributed by atoms with Crippen LogP contribution in [-0.4, -0.2) is 9.85 Å². The Morgan fingerprint density at radius 2 is 1.56 bits per heavy atom. The molecule has 0 aliphatic carbocycles. The summed E-state index contributed by atoms with van der Waals surface area (Å²) < 4.78 is 56.5. The van der Waals surface area contributed by atoms with Gasteiger partial charge in [-0.25, -0.2) is 4.39 Å². The molecule has 25 heavy (non-hydrogen) atoms. The summed E-state index contributed by atoms with van der Waals surface area (Å²) in [6, 6.07) is 3.48. The van der Waals surface area contributed by atoms with E-state index in [1.165, 1.54) is 0 Å². The van der Waals surface area contributed by atoms with Gasteiger partial charge in [0.1, 0.15) is 22.9 Å². The standard InChI is InChI=1S/C13H5ClF4N2O5/c14-8-3-7(4-9(15)12(8)13(16,17)18)25-6-1-2-10(19(21)22)11(5-6)20(23)24/h1-5H. The number of nitro benzene ring substituents is 2. The van der Waals surface area contributed by atoms with Gasteiger partial charge in [-0.1, -0.05) is 11.6 Å². The number of nitro groups is 2. The molecule has 7 nitrogen and oxygen atoms in total. The normalized spacial score (nSPS) is 11.2. The number of ether oxygens (including phenoxy) is 1. The van der Waals surface area contributed by atoms with Crippen molar-refractivity contribution in [1.82, 2.24) is 0 Å². The third-order valence-corrected chi connectivity index (χ3v) is 3.17. The zero-order valence-electron chi connectivity index (χ0n) is 11.7. The van der Waals surface area contributed by atoms with Crippen LogP contribution < -0.4 is 4.74 Å². The maximum absolute atomic E-state index is 13.6. The first-order valence-electron chi connectivity index (χ1n) is 6.17. The second-order valence-electron chi connectivity index (χ2n) is 4.53. The Hall–Kier alpha value is -2.95. The summed E-state index contributed by atoms with van der Waals surface area (Å²) in [5.41, 5.74) is -3.40. The van der Waals surface area contributed by atoms with Crippen LogP contribution in [0.15, 0.2) is 30.3 Å². The second-order valence-corrected chi connectivity index (χ2v) is 4.93. The molecule has 12 heteroatoms. The predicted octanol–water partition coefficient (Wildman–Crippen LogP) is 5.11. The van der Waals surface area contributed by atoms with Crippen molar-refractivity contribution in [2.75, 3.05) is 0 Å². The topological polar surface area (TPSA) is 95.5 Å². The van der Waals surface area contributed by atoms with Gasteiger partial charge in [0.05, 0.1) is 20.9 Å². The summed E-state index contributed by atoms with van der Waals surface area (Å²) in [5.74, 6) is -2.50. The van der Waals surface area contributed by atoms with E-state index in [9.17, 15) is 37.8 Å². The van der Waals surface area contributed by atoms with Gasteiger partial charge >= 0.3 is 17.6 Å². The van der Waals surface area contributed by atoms with E-state index in [1.807, 2.05) is 0 Å². The van der Waals surface area contributed by atoms with Crippen LogP contribution in [0, 0.1) is 26.0 Å². The second kappa shape index (κ2) is 6.51. The van der Waals surface area contributed by atoms with E-state index in [0.717, 1.165) is 12.1 Å². The number of alkyl halides is 3. The van der Waals surface area contributed by atoms with E-state index in [1.54, 1.807) is 0 Å². The SMILES string of the molecule is O=[N+]([O-])c1ccc(Oc2cc(F)c(C(F)(F)F)c(Cl)c2)cc1[N+](=O)[O-]. The lowest BCUT2D eigenvalue weighted by Crippen LogP contribution is -2.09. The quantitative estimate of drug-likeness (QED) is 0.417. The summed E-state index contributed by atoms with van der Waals surface area (Å²) in [7, 11) is 0. The van der Waals surface area contributed by atoms with E-state index in [0.29, 0.717) is 18.2 Å². The molecule has 0 amide bonds. The van der Waals surface area contributed by atoms with Crippen molar-refractivity contribution >= 4 is 23.0 Å². The van der Waals surface area contributed by atoms with E-state index < -0.39 is 49.6 Å². The Morgan fingerprint density at radius 3 is 2.04 bits per heavy atom. The van der Waals surface area contributed by atoms with E-state index in [-0.39, 0.29) is 5.75 Å². The molecular formula is C13H5ClF4N2O5. The fourth-order valence-electron chi connectivity index (χ4n) is 1.88. The number of halogens is 5. The number of hydrogen-bond acceptors (Lipinski definition) is 5. The lowest BCUT2D eigenvalue weighted by Gasteiger charge is -2.12. The van der Waals surface area contributed by atoms with Crippen LogP contribution in [0.25, 0.3) is 0 Å². The average molecular weight is 381 g/mol. The largest absolute Gasteiger partial charge is 0.457 e. The van der Waals surface area contributed by atoms with Crippen molar-refractivity contribution < 1.29 is 32.1 Å². The summed E-state index contributed by atoms with van der Waals surface area (Å²) in [4.78, 5) is 19.5. The molecule has 0 N–H and O–H groups in total. The molecule has 0 unspecified atom stereocenters. The third kappa shape index (κ3) is 3.94. The van der Waals surface area contributed by atoms with Crippen LogP contribution in [-0.2, 0) is 6.18 Å². The van der Waals surface area contributed by atoms with Gasteiger partial charge in [-0.15, -0.1) is 0 Å². The van der Waals surface area contributed by atoms with Crippen molar-refractivity contribution in [3.63, 3.8) is 0 Å². The molecule has 0 aliphatic rings. The molecule has 2 aromatic rings. The van der Waals surface area contributed by atoms with Crippen molar-refractivity contribution in [2.24, 2.45) is 0 Å². The summed E-state index contributed by atoms with van der Waals surface area (Å²) >= 11 is 5.40. The van der Waals surface area contributed by atoms with E-state index in [4.69, 9.17) is 16.3 Å². The van der Waals surface area contributed by atoms with Crippen LogP contribution in [0.2, 0.25) is 5.02 Å². The van der Waals surface area contributed by atoms with E-state index >= 15 is 0 Å². The lowest BCUT2D eigenvalue weighted by atomic mass is 10.2. The van der Waals surface area contributed by atoms with Gasteiger partial charge in [0.25, 0.3) is 0 Å². The Morgan fingerprint density at radius 1 is 0.960 bits per heavy atom. The van der Waals surface area contributed by atoms with Gasteiger partial charge in [-0.3, -0.25) is 20.2 Å². The molecule has 2 rings (SSSR count). The molecular weight excluding hydrogens is 376 g/mol. The highest BCUT2D eigenvalue weighted by molar-refractivity contribution is 6.31. The zero-order valence-corrected chi connectivity index (χ0v) is 12.5. The molecule has 0 aliphatic heterocycles. The molecule has 0 fully saturated rings. The maximum atomic E-state index is 13.6. The van der Waals surface area contributed by atoms with Crippen LogP contribution in [0.5, 0.6) is 11.5 Å². The summed E-state index contributed by atoms with van der Waals surface area (Å²) in [6.07, 6.45) is -5.02. The molecule has 0 bridgehead atoms. The van der Waals surface area contributed by atoms with Gasteiger partial charge in [0.15, 0.2) is 0 Å². The Kier molecular flexibility index (Phi) is 4.79. The molecule has 0 saturated carbocycles. The maximum Gasteiger partial charge on any atom is 0.420 e. The fraction of sp³-hybridized carbons (Fsp3) is 0.0769. The van der Waals surface area contributed by atoms with Gasteiger partial charge in [-0.05, 0) is 6.07 Å². The highest BCUT2D eigenvalue weighted by Gasteiger charge is 2.37. The number of hydrogen-bond donors (Lipinski definition) is 0. The van der Waals surface area contributed by atoms with Crippen LogP contribution in [0.3, 0.4) is 0 Å². The monoisotopic (exact) mass is 380 g/mol. The first kappa shape index (κ1) is 18.4. The average Bonchev–Trinajstić information content (AvgIpc) is 2.44. The number of rotatable bonds is 4. The molecule has 132 valence electrons. The van der Waals surface area contributed by atoms with Crippen LogP contribution in [0.1, 0.15) is 5.56 Å². The molecule has 0 heterocycles. The highest BCUT2D eigenvalue weighted by Crippen LogP contribution is 2.40. The van der Waals surface area contributed by atoms with Gasteiger partial charge < -0.3 is 4.74 Å². The van der Waals surface area contributed by atoms with Crippen LogP contribution in [0.4, 0.5) is 28.9 Å². The van der Waals surface area contributed by atoms with Gasteiger partial charge in [-0.2, -0.15) is 13.2 Å². The molecule has 0 spiro atoms. The molecule has 2 aromatic carbocycles. The van der Waals surface area contributed by atoms with Crippen molar-refractivity contribution in [2.45, 2.75) is 6.18 Å². The predicted molar refractivity (Wildman–Crippen MR) is 76.2 cm³/mol. The summed E-state index contributed by atoms with van der Waals surface area (Å²) in [5, 5.41) is 20.6. The minimum atomic E-state index is -5.02. The lowest BCUT2D eigenvalue weighted by molar-refractivity contribution is -0.422. The number of benzene rings is 2. The highest BCUT2D eigenvalue weighted by atomic mass is 35.5. The molecule has 0 saturated heterocycles. The van der Waals surface area contributed by atoms with Crippen LogP contribution >= 0.6 is 11.6 Å². The Labute approximate surface area is 140 Å². The molecule has 0 atom stereocenters. The first-order chi connectivity index (χ1) is 11.5. The van der Waals surface area contributed by atoms with E-state index in [2.05, 4.69) is 0 Å². The third-order valence-electron chi connectivity index (χ3n) is 2.88. The van der Waals surface area contributed by atoms with Crippen molar-refractivity contribution in [1.29, 1.82) is 0 Å². The minimum absolute atomic E-state index is 0.326. The van der Waals surface area contributed by atoms with Gasteiger partial charge in [0, 0.05) is 18.2 Å². The summed E-state index contributed by atoms with van der Waals surface area (Å²) in [6.45, 7) is 0. The molecule has 0 radical (unpaired) electrons. The Balaban J connectivity index is 2.42. The smallest absolute Gasteiger partial charge is 0.420 e. The zero-order chi connectivity index (χ0) is 18.9. The van der Waals surface area contributed by atoms with Crippen molar-refractivity contribution in [3.05, 3.63) is 67.0 Å². The molecule has 0 aromatic heterocycles. The van der Waals surface area contributed by atoms with Crippen molar-refractivity contribution in [3.8, 4) is 11.5 Å². The van der Waals surface area contributed by atoms with Gasteiger partial charge in [0.2, 0.25) is 0 Å².